The summed E-state index contributed by atoms with van der Waals surface area (Å²) in [5.41, 5.74) is 3.22. The fourth-order valence-electron chi connectivity index (χ4n) is 8.98. The van der Waals surface area contributed by atoms with Gasteiger partial charge in [0.15, 0.2) is 0 Å². The van der Waals surface area contributed by atoms with Crippen LogP contribution in [-0.4, -0.2) is 108 Å². The number of benzene rings is 4. The number of anilines is 2. The van der Waals surface area contributed by atoms with Gasteiger partial charge in [0.05, 0.1) is 83.8 Å². The predicted octanol–water partition coefficient (Wildman–Crippen LogP) is 13.1. The topological polar surface area (TPSA) is 279 Å². The van der Waals surface area contributed by atoms with Gasteiger partial charge in [0.2, 0.25) is 11.6 Å². The molecule has 88 heavy (non-hydrogen) atoms. The van der Waals surface area contributed by atoms with E-state index < -0.39 is 63.7 Å². The SMILES string of the molecule is CC(C)(C)OC(=O)CC(=N)C(=O)c1ccccc1NCc1nc2cc(C#N)c(OCC3CC3)cc2n1COCC[Si](C)(C)C.CC(C)(C)OC(=O)CC(=N)C(=O)c1ccccc1NCc1nc2cc(OCC3CC3)c(C#N)cc2n1COCC[Si](C)(C)C. The number of hydrogen-bond acceptors (Lipinski definition) is 18. The number of carbonyl (C=O) groups excluding carboxylic acids is 4. The van der Waals surface area contributed by atoms with Crippen molar-refractivity contribution in [2.45, 2.75) is 169 Å². The van der Waals surface area contributed by atoms with Gasteiger partial charge in [-0.3, -0.25) is 19.2 Å². The molecule has 0 atom stereocenters. The number of ether oxygens (including phenoxy) is 6. The molecule has 0 bridgehead atoms. The summed E-state index contributed by atoms with van der Waals surface area (Å²) in [6.45, 7) is 27.7. The van der Waals surface area contributed by atoms with E-state index in [2.05, 4.69) is 62.1 Å². The number of esters is 2. The van der Waals surface area contributed by atoms with Crippen molar-refractivity contribution in [3.8, 4) is 23.6 Å². The van der Waals surface area contributed by atoms with Crippen molar-refractivity contribution < 1.29 is 47.6 Å². The van der Waals surface area contributed by atoms with Gasteiger partial charge in [-0.15, -0.1) is 0 Å². The number of Topliss-reactive ketones (excluding diaryl/α,β-unsaturated/α-hetero) is 2. The highest BCUT2D eigenvalue weighted by Crippen LogP contribution is 2.35. The first-order chi connectivity index (χ1) is 41.5. The highest BCUT2D eigenvalue weighted by atomic mass is 28.3. The lowest BCUT2D eigenvalue weighted by molar-refractivity contribution is -0.154. The minimum absolute atomic E-state index is 0.246. The molecule has 6 aromatic rings. The van der Waals surface area contributed by atoms with Crippen LogP contribution in [0.2, 0.25) is 51.4 Å². The summed E-state index contributed by atoms with van der Waals surface area (Å²) in [5.74, 6) is 1.09. The first kappa shape index (κ1) is 67.5. The van der Waals surface area contributed by atoms with Crippen molar-refractivity contribution in [2.24, 2.45) is 11.8 Å². The number of hydrogen-bond donors (Lipinski definition) is 4. The van der Waals surface area contributed by atoms with Crippen LogP contribution in [-0.2, 0) is 55.1 Å². The number of nitriles is 2. The molecule has 2 aliphatic carbocycles. The highest BCUT2D eigenvalue weighted by molar-refractivity contribution is 6.76. The van der Waals surface area contributed by atoms with E-state index in [1.54, 1.807) is 102 Å². The van der Waals surface area contributed by atoms with E-state index in [9.17, 15) is 29.7 Å². The Hall–Kier alpha value is -8.03. The maximum atomic E-state index is 13.2. The molecule has 2 fully saturated rings. The zero-order valence-electron chi connectivity index (χ0n) is 53.2. The van der Waals surface area contributed by atoms with Crippen LogP contribution in [0.3, 0.4) is 0 Å². The van der Waals surface area contributed by atoms with Gasteiger partial charge in [0.25, 0.3) is 0 Å². The number of nitrogens with zero attached hydrogens (tertiary/aromatic N) is 6. The molecular weight excluding hydrogens is 1150 g/mol. The Kier molecular flexibility index (Phi) is 22.5. The van der Waals surface area contributed by atoms with Crippen LogP contribution in [0.4, 0.5) is 11.4 Å². The minimum atomic E-state index is -1.29. The quantitative estimate of drug-likeness (QED) is 0.0107. The Balaban J connectivity index is 0.000000251. The molecule has 2 aromatic heterocycles. The molecule has 0 radical (unpaired) electrons. The third-order valence-corrected chi connectivity index (χ3v) is 17.5. The fraction of sp³-hybridized carbons (Fsp3) is 0.485. The maximum absolute atomic E-state index is 13.2. The summed E-state index contributed by atoms with van der Waals surface area (Å²) in [4.78, 5) is 60.6. The molecule has 22 heteroatoms. The summed E-state index contributed by atoms with van der Waals surface area (Å²) in [5, 5.41) is 42.8. The van der Waals surface area contributed by atoms with E-state index in [1.165, 1.54) is 0 Å². The van der Waals surface area contributed by atoms with E-state index >= 15 is 0 Å². The largest absolute Gasteiger partial charge is 0.492 e. The van der Waals surface area contributed by atoms with Gasteiger partial charge in [-0.1, -0.05) is 63.5 Å². The molecule has 0 amide bonds. The highest BCUT2D eigenvalue weighted by Gasteiger charge is 2.28. The number of fused-ring (bicyclic) bond motifs is 2. The van der Waals surface area contributed by atoms with Crippen LogP contribution >= 0.6 is 0 Å². The average molecular weight is 1240 g/mol. The molecule has 2 aliphatic rings. The third kappa shape index (κ3) is 20.5. The van der Waals surface area contributed by atoms with Gasteiger partial charge in [0, 0.05) is 64.0 Å². The standard InChI is InChI=1S/2C33H43N5O5Si/c1-33(2,3)43-31(39)16-25(35)32(40)24-9-7-8-10-26(24)36-19-30-37-27-17-29(42-20-22-11-12-22)23(18-34)15-28(27)38(30)21-41-13-14-44(4,5)6;1-33(2,3)43-31(39)16-25(35)32(40)24-9-7-8-10-26(24)36-19-30-37-27-15-23(18-34)29(42-20-22-11-12-22)17-28(27)38(30)21-41-13-14-44(4,5)6/h2*7-10,15,17,22,35-36H,11-14,16,19-21H2,1-6H3. The number of carbonyl (C=O) groups is 4. The molecule has 2 heterocycles. The molecule has 0 aliphatic heterocycles. The zero-order valence-corrected chi connectivity index (χ0v) is 55.2. The van der Waals surface area contributed by atoms with Gasteiger partial charge < -0.3 is 59.0 Å². The average Bonchev–Trinajstić information content (AvgIpc) is 2.35. The van der Waals surface area contributed by atoms with Crippen molar-refractivity contribution in [3.05, 3.63) is 107 Å². The molecule has 0 unspecified atom stereocenters. The molecule has 4 N–H and O–H groups in total. The van der Waals surface area contributed by atoms with Gasteiger partial charge >= 0.3 is 11.9 Å². The van der Waals surface area contributed by atoms with Crippen LogP contribution in [0.15, 0.2) is 72.8 Å². The van der Waals surface area contributed by atoms with Gasteiger partial charge in [-0.2, -0.15) is 10.5 Å². The second-order valence-electron chi connectivity index (χ2n) is 27.0. The molecule has 20 nitrogen and oxygen atoms in total. The number of ketones is 2. The van der Waals surface area contributed by atoms with Gasteiger partial charge in [-0.25, -0.2) is 9.97 Å². The van der Waals surface area contributed by atoms with Gasteiger partial charge in [0.1, 0.15) is 60.0 Å². The molecule has 0 spiro atoms. The van der Waals surface area contributed by atoms with Gasteiger partial charge in [-0.05, 0) is 128 Å². The van der Waals surface area contributed by atoms with E-state index in [-0.39, 0.29) is 49.1 Å². The number of rotatable bonds is 30. The molecule has 468 valence electrons. The van der Waals surface area contributed by atoms with E-state index in [4.69, 9.17) is 49.2 Å². The fourth-order valence-corrected chi connectivity index (χ4v) is 10.5. The number of para-hydroxylation sites is 2. The summed E-state index contributed by atoms with van der Waals surface area (Å²) in [6, 6.07) is 27.5. The Morgan fingerprint density at radius 1 is 0.591 bits per heavy atom. The van der Waals surface area contributed by atoms with E-state index in [0.717, 1.165) is 48.8 Å². The molecule has 0 saturated heterocycles. The lowest BCUT2D eigenvalue weighted by Crippen LogP contribution is -2.27. The lowest BCUT2D eigenvalue weighted by atomic mass is 10.0. The van der Waals surface area contributed by atoms with Crippen molar-refractivity contribution in [1.29, 1.82) is 21.3 Å². The predicted molar refractivity (Wildman–Crippen MR) is 346 cm³/mol. The molecule has 2 saturated carbocycles. The summed E-state index contributed by atoms with van der Waals surface area (Å²) in [7, 11) is -2.58. The normalized spacial score (nSPS) is 13.4. The van der Waals surface area contributed by atoms with Crippen molar-refractivity contribution in [3.63, 3.8) is 0 Å². The van der Waals surface area contributed by atoms with Crippen LogP contribution in [0, 0.1) is 45.3 Å². The summed E-state index contributed by atoms with van der Waals surface area (Å²) < 4.78 is 38.7. The van der Waals surface area contributed by atoms with Crippen molar-refractivity contribution in [2.75, 3.05) is 37.1 Å². The van der Waals surface area contributed by atoms with Crippen LogP contribution in [0.25, 0.3) is 22.1 Å². The second kappa shape index (κ2) is 29.3. The van der Waals surface area contributed by atoms with Crippen molar-refractivity contribution >= 4 is 84.5 Å². The molecular formula is C66H86N10O10Si2. The first-order valence-corrected chi connectivity index (χ1v) is 37.5. The van der Waals surface area contributed by atoms with E-state index in [1.807, 2.05) is 21.3 Å². The lowest BCUT2D eigenvalue weighted by Gasteiger charge is -2.19. The van der Waals surface area contributed by atoms with Crippen molar-refractivity contribution in [1.82, 2.24) is 19.1 Å². The third-order valence-electron chi connectivity index (χ3n) is 14.1. The van der Waals surface area contributed by atoms with E-state index in [0.29, 0.717) is 94.9 Å². The Morgan fingerprint density at radius 3 is 1.38 bits per heavy atom. The molecule has 8 rings (SSSR count). The maximum Gasteiger partial charge on any atom is 0.312 e. The first-order valence-electron chi connectivity index (χ1n) is 30.1. The monoisotopic (exact) mass is 1230 g/mol. The van der Waals surface area contributed by atoms with Crippen LogP contribution in [0.1, 0.15) is 124 Å². The summed E-state index contributed by atoms with van der Waals surface area (Å²) >= 11 is 0. The summed E-state index contributed by atoms with van der Waals surface area (Å²) in [6.07, 6.45) is 3.75. The Labute approximate surface area is 518 Å². The number of aromatic nitrogens is 4. The minimum Gasteiger partial charge on any atom is -0.492 e. The van der Waals surface area contributed by atoms with Crippen LogP contribution in [0.5, 0.6) is 11.5 Å². The smallest absolute Gasteiger partial charge is 0.312 e. The Morgan fingerprint density at radius 2 is 0.977 bits per heavy atom. The molecule has 4 aromatic carbocycles. The zero-order chi connectivity index (χ0) is 64.1. The Bertz CT molecular complexity index is 3520. The second-order valence-corrected chi connectivity index (χ2v) is 38.2. The van der Waals surface area contributed by atoms with Crippen LogP contribution < -0.4 is 20.1 Å². The number of imidazole rings is 2. The number of nitrogens with one attached hydrogen (secondary N) is 4.